The van der Waals surface area contributed by atoms with E-state index in [-0.39, 0.29) is 0 Å². The van der Waals surface area contributed by atoms with E-state index in [1.54, 1.807) is 0 Å². The molecule has 0 radical (unpaired) electrons. The van der Waals surface area contributed by atoms with E-state index in [9.17, 15) is 0 Å². The zero-order chi connectivity index (χ0) is 17.1. The summed E-state index contributed by atoms with van der Waals surface area (Å²) in [5.74, 6) is 2.12. The Hall–Kier alpha value is -1.95. The maximum Gasteiger partial charge on any atom is 0.223 e. The van der Waals surface area contributed by atoms with Gasteiger partial charge in [-0.2, -0.15) is 5.10 Å². The molecule has 6 nitrogen and oxygen atoms in total. The molecule has 2 aromatic rings. The zero-order valence-electron chi connectivity index (χ0n) is 15.2. The Kier molecular flexibility index (Phi) is 5.14. The highest BCUT2D eigenvalue weighted by Crippen LogP contribution is 2.21. The molecule has 1 fully saturated rings. The Morgan fingerprint density at radius 2 is 2.21 bits per heavy atom. The summed E-state index contributed by atoms with van der Waals surface area (Å²) in [7, 11) is 1.93. The third-order valence-electron chi connectivity index (χ3n) is 4.49. The number of nitrogens with one attached hydrogen (secondary N) is 1. The average molecular weight is 328 g/mol. The van der Waals surface area contributed by atoms with E-state index < -0.39 is 0 Å². The van der Waals surface area contributed by atoms with E-state index in [0.29, 0.717) is 11.9 Å². The molecule has 3 heterocycles. The van der Waals surface area contributed by atoms with E-state index in [0.717, 1.165) is 29.4 Å². The monoisotopic (exact) mass is 328 g/mol. The van der Waals surface area contributed by atoms with Gasteiger partial charge in [0.15, 0.2) is 0 Å². The van der Waals surface area contributed by atoms with E-state index in [2.05, 4.69) is 39.1 Å². The lowest BCUT2D eigenvalue weighted by Gasteiger charge is -2.18. The highest BCUT2D eigenvalue weighted by Gasteiger charge is 2.22. The van der Waals surface area contributed by atoms with Gasteiger partial charge in [0.05, 0.1) is 11.4 Å². The van der Waals surface area contributed by atoms with Crippen LogP contribution in [0.3, 0.4) is 0 Å². The Morgan fingerprint density at radius 1 is 1.38 bits per heavy atom. The third-order valence-corrected chi connectivity index (χ3v) is 4.49. The van der Waals surface area contributed by atoms with Crippen LogP contribution in [0.4, 0.5) is 5.95 Å². The fraction of sp³-hybridized carbons (Fsp3) is 0.611. The number of hydrogen-bond donors (Lipinski definition) is 1. The minimum absolute atomic E-state index is 0.677. The molecular weight excluding hydrogens is 300 g/mol. The highest BCUT2D eigenvalue weighted by atomic mass is 15.3. The minimum atomic E-state index is 0.677. The van der Waals surface area contributed by atoms with Crippen LogP contribution in [-0.2, 0) is 7.05 Å². The third kappa shape index (κ3) is 4.12. The van der Waals surface area contributed by atoms with Crippen LogP contribution in [0.2, 0.25) is 0 Å². The molecule has 0 amide bonds. The van der Waals surface area contributed by atoms with E-state index in [1.807, 2.05) is 37.1 Å². The summed E-state index contributed by atoms with van der Waals surface area (Å²) in [6.07, 6.45) is 5.07. The molecule has 0 bridgehead atoms. The summed E-state index contributed by atoms with van der Waals surface area (Å²) in [6, 6.07) is 1.94. The van der Waals surface area contributed by atoms with Crippen LogP contribution in [0.1, 0.15) is 26.0 Å². The summed E-state index contributed by atoms with van der Waals surface area (Å²) < 4.78 is 1.82. The number of rotatable bonds is 6. The zero-order valence-corrected chi connectivity index (χ0v) is 15.2. The molecule has 6 heteroatoms. The first-order valence-electron chi connectivity index (χ1n) is 8.81. The second-order valence-electron chi connectivity index (χ2n) is 7.26. The van der Waals surface area contributed by atoms with Crippen molar-refractivity contribution in [2.24, 2.45) is 18.9 Å². The first-order valence-corrected chi connectivity index (χ1v) is 8.81. The Morgan fingerprint density at radius 3 is 2.92 bits per heavy atom. The smallest absolute Gasteiger partial charge is 0.223 e. The number of hydrogen-bond acceptors (Lipinski definition) is 5. The van der Waals surface area contributed by atoms with Crippen molar-refractivity contribution in [2.75, 3.05) is 31.5 Å². The molecule has 130 valence electrons. The van der Waals surface area contributed by atoms with E-state index in [1.165, 1.54) is 26.1 Å². The van der Waals surface area contributed by atoms with Crippen LogP contribution in [0.25, 0.3) is 11.3 Å². The largest absolute Gasteiger partial charge is 0.354 e. The van der Waals surface area contributed by atoms with Gasteiger partial charge in [-0.15, -0.1) is 0 Å². The quantitative estimate of drug-likeness (QED) is 0.883. The highest BCUT2D eigenvalue weighted by molar-refractivity contribution is 5.61. The first-order chi connectivity index (χ1) is 11.5. The fourth-order valence-electron chi connectivity index (χ4n) is 3.44. The van der Waals surface area contributed by atoms with Gasteiger partial charge in [-0.05, 0) is 37.8 Å². The van der Waals surface area contributed by atoms with Gasteiger partial charge in [0.1, 0.15) is 0 Å². The maximum absolute atomic E-state index is 4.66. The second kappa shape index (κ2) is 7.30. The normalized spacial score (nSPS) is 18.5. The van der Waals surface area contributed by atoms with Gasteiger partial charge >= 0.3 is 0 Å². The van der Waals surface area contributed by atoms with Crippen molar-refractivity contribution in [3.05, 3.63) is 24.2 Å². The first kappa shape index (κ1) is 16.9. The van der Waals surface area contributed by atoms with E-state index in [4.69, 9.17) is 0 Å². The van der Waals surface area contributed by atoms with Crippen molar-refractivity contribution >= 4 is 5.95 Å². The van der Waals surface area contributed by atoms with Gasteiger partial charge in [-0.25, -0.2) is 9.97 Å². The summed E-state index contributed by atoms with van der Waals surface area (Å²) in [4.78, 5) is 11.6. The van der Waals surface area contributed by atoms with Gasteiger partial charge in [0.25, 0.3) is 0 Å². The predicted molar refractivity (Wildman–Crippen MR) is 96.8 cm³/mol. The van der Waals surface area contributed by atoms with Crippen LogP contribution in [0.15, 0.2) is 18.5 Å². The van der Waals surface area contributed by atoms with Crippen molar-refractivity contribution in [3.8, 4) is 11.3 Å². The molecular formula is C18H28N6. The van der Waals surface area contributed by atoms with Crippen molar-refractivity contribution in [3.63, 3.8) is 0 Å². The molecule has 3 rings (SSSR count). The van der Waals surface area contributed by atoms with Crippen LogP contribution in [0.5, 0.6) is 0 Å². The minimum Gasteiger partial charge on any atom is -0.354 e. The van der Waals surface area contributed by atoms with Crippen LogP contribution < -0.4 is 5.32 Å². The predicted octanol–water partition coefficient (Wildman–Crippen LogP) is 2.58. The number of likely N-dealkylation sites (tertiary alicyclic amines) is 1. The molecule has 1 aliphatic heterocycles. The molecule has 1 aliphatic rings. The molecule has 0 aliphatic carbocycles. The SMILES string of the molecule is Cc1nn(C)cc1-c1ccnc(NCC2CCN(CC(C)C)C2)n1. The molecule has 2 aromatic heterocycles. The Balaban J connectivity index is 1.59. The van der Waals surface area contributed by atoms with Gasteiger partial charge < -0.3 is 10.2 Å². The summed E-state index contributed by atoms with van der Waals surface area (Å²) in [5, 5.41) is 7.81. The van der Waals surface area contributed by atoms with Gasteiger partial charge in [0.2, 0.25) is 5.95 Å². The average Bonchev–Trinajstić information content (AvgIpc) is 3.11. The van der Waals surface area contributed by atoms with Crippen molar-refractivity contribution in [2.45, 2.75) is 27.2 Å². The van der Waals surface area contributed by atoms with E-state index >= 15 is 0 Å². The van der Waals surface area contributed by atoms with Crippen LogP contribution >= 0.6 is 0 Å². The lowest BCUT2D eigenvalue weighted by molar-refractivity contribution is 0.289. The second-order valence-corrected chi connectivity index (χ2v) is 7.26. The summed E-state index contributed by atoms with van der Waals surface area (Å²) in [6.45, 7) is 11.1. The summed E-state index contributed by atoms with van der Waals surface area (Å²) >= 11 is 0. The van der Waals surface area contributed by atoms with Crippen LogP contribution in [-0.4, -0.2) is 50.8 Å². The van der Waals surface area contributed by atoms with Crippen molar-refractivity contribution < 1.29 is 0 Å². The molecule has 1 atom stereocenters. The number of anilines is 1. The number of nitrogens with zero attached hydrogens (tertiary/aromatic N) is 5. The standard InChI is InChI=1S/C18H28N6/c1-13(2)10-24-8-6-15(11-24)9-20-18-19-7-5-17(21-18)16-12-23(4)22-14(16)3/h5,7,12-13,15H,6,8-11H2,1-4H3,(H,19,20,21). The molecule has 1 unspecified atom stereocenters. The lowest BCUT2D eigenvalue weighted by atomic mass is 10.1. The molecule has 1 N–H and O–H groups in total. The van der Waals surface area contributed by atoms with Gasteiger partial charge in [-0.3, -0.25) is 4.68 Å². The Labute approximate surface area is 144 Å². The topological polar surface area (TPSA) is 58.9 Å². The van der Waals surface area contributed by atoms with Crippen LogP contribution in [0, 0.1) is 18.8 Å². The van der Waals surface area contributed by atoms with Crippen molar-refractivity contribution in [1.82, 2.24) is 24.6 Å². The lowest BCUT2D eigenvalue weighted by Crippen LogP contribution is -2.26. The summed E-state index contributed by atoms with van der Waals surface area (Å²) in [5.41, 5.74) is 2.97. The molecule has 24 heavy (non-hydrogen) atoms. The molecule has 0 aromatic carbocycles. The molecule has 0 spiro atoms. The Bertz CT molecular complexity index is 678. The molecule has 1 saturated heterocycles. The van der Waals surface area contributed by atoms with Gasteiger partial charge in [0, 0.05) is 44.6 Å². The van der Waals surface area contributed by atoms with Crippen molar-refractivity contribution in [1.29, 1.82) is 0 Å². The maximum atomic E-state index is 4.66. The fourth-order valence-corrected chi connectivity index (χ4v) is 3.44. The number of aryl methyl sites for hydroxylation is 2. The molecule has 0 saturated carbocycles. The number of aromatic nitrogens is 4. The van der Waals surface area contributed by atoms with Gasteiger partial charge in [-0.1, -0.05) is 13.8 Å².